The molecule has 1 atom stereocenters. The van der Waals surface area contributed by atoms with E-state index in [2.05, 4.69) is 4.72 Å². The number of sulfonamides is 1. The summed E-state index contributed by atoms with van der Waals surface area (Å²) in [6.07, 6.45) is 1.04. The monoisotopic (exact) mass is 383 g/mol. The van der Waals surface area contributed by atoms with Crippen LogP contribution in [0.15, 0.2) is 58.3 Å². The Hall–Kier alpha value is -1.90. The minimum atomic E-state index is -3.86. The van der Waals surface area contributed by atoms with Crippen LogP contribution in [0.1, 0.15) is 25.5 Å². The number of hydrogen-bond acceptors (Lipinski definition) is 5. The molecule has 0 aliphatic carbocycles. The Balaban J connectivity index is 2.23. The fourth-order valence-electron chi connectivity index (χ4n) is 2.26. The lowest BCUT2D eigenvalue weighted by Gasteiger charge is -2.15. The number of hydrogen-bond donors (Lipinski definition) is 1. The highest BCUT2D eigenvalue weighted by atomic mass is 32.2. The van der Waals surface area contributed by atoms with Gasteiger partial charge in [0.05, 0.1) is 16.4 Å². The van der Waals surface area contributed by atoms with Gasteiger partial charge in [-0.05, 0) is 49.7 Å². The smallest absolute Gasteiger partial charge is 0.241 e. The van der Waals surface area contributed by atoms with E-state index in [4.69, 9.17) is 4.74 Å². The minimum absolute atomic E-state index is 0.0379. The van der Waals surface area contributed by atoms with Gasteiger partial charge in [-0.1, -0.05) is 18.2 Å². The first-order valence-electron chi connectivity index (χ1n) is 7.68. The van der Waals surface area contributed by atoms with E-state index in [-0.39, 0.29) is 9.79 Å². The summed E-state index contributed by atoms with van der Waals surface area (Å²) in [4.78, 5) is -0.127. The highest BCUT2D eigenvalue weighted by Gasteiger charge is 2.20. The van der Waals surface area contributed by atoms with Gasteiger partial charge in [-0.2, -0.15) is 0 Å². The Morgan fingerprint density at radius 1 is 1.00 bits per heavy atom. The summed E-state index contributed by atoms with van der Waals surface area (Å²) in [6.45, 7) is 4.15. The van der Waals surface area contributed by atoms with Crippen LogP contribution in [-0.2, 0) is 19.9 Å². The third-order valence-corrected chi connectivity index (χ3v) is 6.22. The average molecular weight is 383 g/mol. The highest BCUT2D eigenvalue weighted by Crippen LogP contribution is 2.21. The lowest BCUT2D eigenvalue weighted by atomic mass is 10.1. The van der Waals surface area contributed by atoms with Gasteiger partial charge in [0.2, 0.25) is 10.0 Å². The van der Waals surface area contributed by atoms with Crippen molar-refractivity contribution in [1.82, 2.24) is 4.72 Å². The van der Waals surface area contributed by atoms with Gasteiger partial charge in [-0.15, -0.1) is 0 Å². The molecule has 0 spiro atoms. The van der Waals surface area contributed by atoms with Crippen molar-refractivity contribution in [2.45, 2.75) is 29.7 Å². The zero-order valence-corrected chi connectivity index (χ0v) is 15.9. The summed E-state index contributed by atoms with van der Waals surface area (Å²) >= 11 is 0. The van der Waals surface area contributed by atoms with Gasteiger partial charge in [0.1, 0.15) is 5.75 Å². The van der Waals surface area contributed by atoms with Crippen molar-refractivity contribution in [3.63, 3.8) is 0 Å². The predicted octanol–water partition coefficient (Wildman–Crippen LogP) is 2.53. The van der Waals surface area contributed by atoms with Crippen LogP contribution in [0.25, 0.3) is 0 Å². The molecule has 2 rings (SSSR count). The average Bonchev–Trinajstić information content (AvgIpc) is 2.55. The molecule has 1 unspecified atom stereocenters. The maximum atomic E-state index is 12.5. The molecular weight excluding hydrogens is 362 g/mol. The van der Waals surface area contributed by atoms with E-state index in [1.807, 2.05) is 6.92 Å². The fraction of sp³-hybridized carbons (Fsp3) is 0.294. The molecule has 0 aliphatic heterocycles. The Morgan fingerprint density at radius 2 is 1.60 bits per heavy atom. The van der Waals surface area contributed by atoms with E-state index in [0.717, 1.165) is 17.9 Å². The van der Waals surface area contributed by atoms with E-state index in [9.17, 15) is 16.8 Å². The molecule has 0 saturated carbocycles. The first-order valence-corrected chi connectivity index (χ1v) is 11.1. The second-order valence-corrected chi connectivity index (χ2v) is 9.32. The van der Waals surface area contributed by atoms with Crippen molar-refractivity contribution in [3.8, 4) is 5.75 Å². The standard InChI is InChI=1S/C17H21NO5S2/c1-4-23-15-10-8-14(9-11-15)13(2)18-25(21,22)17-7-5-6-16(12-17)24(3,19)20/h5-13,18H,4H2,1-3H3. The largest absolute Gasteiger partial charge is 0.494 e. The van der Waals surface area contributed by atoms with Gasteiger partial charge in [0.25, 0.3) is 0 Å². The molecule has 2 aromatic carbocycles. The van der Waals surface area contributed by atoms with Crippen LogP contribution >= 0.6 is 0 Å². The maximum absolute atomic E-state index is 12.5. The normalized spacial score (nSPS) is 13.4. The second-order valence-electron chi connectivity index (χ2n) is 5.59. The topological polar surface area (TPSA) is 89.5 Å². The molecule has 2 aromatic rings. The Kier molecular flexibility index (Phi) is 5.87. The molecule has 1 N–H and O–H groups in total. The molecule has 0 amide bonds. The van der Waals surface area contributed by atoms with E-state index in [0.29, 0.717) is 12.4 Å². The summed E-state index contributed by atoms with van der Waals surface area (Å²) < 4.78 is 56.2. The molecule has 0 bridgehead atoms. The molecule has 0 aliphatic rings. The SMILES string of the molecule is CCOc1ccc(C(C)NS(=O)(=O)c2cccc(S(C)(=O)=O)c2)cc1. The van der Waals surface area contributed by atoms with Crippen LogP contribution in [-0.4, -0.2) is 29.7 Å². The van der Waals surface area contributed by atoms with E-state index in [1.54, 1.807) is 31.2 Å². The van der Waals surface area contributed by atoms with Crippen LogP contribution < -0.4 is 9.46 Å². The van der Waals surface area contributed by atoms with Crippen molar-refractivity contribution in [3.05, 3.63) is 54.1 Å². The first kappa shape index (κ1) is 19.4. The van der Waals surface area contributed by atoms with Gasteiger partial charge in [-0.25, -0.2) is 21.6 Å². The summed E-state index contributed by atoms with van der Waals surface area (Å²) in [5.74, 6) is 0.710. The Morgan fingerprint density at radius 3 is 2.16 bits per heavy atom. The van der Waals surface area contributed by atoms with Gasteiger partial charge < -0.3 is 4.74 Å². The number of benzene rings is 2. The fourth-order valence-corrected chi connectivity index (χ4v) is 4.28. The molecule has 0 heterocycles. The third-order valence-electron chi connectivity index (χ3n) is 3.57. The highest BCUT2D eigenvalue weighted by molar-refractivity contribution is 7.91. The van der Waals surface area contributed by atoms with Gasteiger partial charge in [0.15, 0.2) is 9.84 Å². The summed E-state index contributed by atoms with van der Waals surface area (Å²) in [5.41, 5.74) is 0.770. The molecule has 0 saturated heterocycles. The van der Waals surface area contributed by atoms with Crippen molar-refractivity contribution in [2.24, 2.45) is 0 Å². The lowest BCUT2D eigenvalue weighted by Crippen LogP contribution is -2.27. The van der Waals surface area contributed by atoms with E-state index >= 15 is 0 Å². The molecule has 136 valence electrons. The molecule has 0 aromatic heterocycles. The first-order chi connectivity index (χ1) is 11.6. The van der Waals surface area contributed by atoms with E-state index < -0.39 is 25.9 Å². The molecule has 25 heavy (non-hydrogen) atoms. The van der Waals surface area contributed by atoms with Crippen molar-refractivity contribution < 1.29 is 21.6 Å². The molecule has 6 nitrogen and oxygen atoms in total. The van der Waals surface area contributed by atoms with Crippen LogP contribution in [0.3, 0.4) is 0 Å². The number of nitrogens with one attached hydrogen (secondary N) is 1. The minimum Gasteiger partial charge on any atom is -0.494 e. The maximum Gasteiger partial charge on any atom is 0.241 e. The summed E-state index contributed by atoms with van der Waals surface area (Å²) in [5, 5.41) is 0. The summed E-state index contributed by atoms with van der Waals surface area (Å²) in [7, 11) is -7.34. The van der Waals surface area contributed by atoms with Crippen LogP contribution in [0, 0.1) is 0 Å². The predicted molar refractivity (Wildman–Crippen MR) is 95.9 cm³/mol. The number of sulfone groups is 1. The lowest BCUT2D eigenvalue weighted by molar-refractivity contribution is 0.340. The van der Waals surface area contributed by atoms with Gasteiger partial charge in [-0.3, -0.25) is 0 Å². The van der Waals surface area contributed by atoms with E-state index in [1.165, 1.54) is 18.2 Å². The van der Waals surface area contributed by atoms with Crippen molar-refractivity contribution in [2.75, 3.05) is 12.9 Å². The van der Waals surface area contributed by atoms with Gasteiger partial charge >= 0.3 is 0 Å². The Bertz CT molecular complexity index is 935. The van der Waals surface area contributed by atoms with Gasteiger partial charge in [0, 0.05) is 12.3 Å². The number of ether oxygens (including phenoxy) is 1. The Labute approximate surface area is 148 Å². The molecular formula is C17H21NO5S2. The second kappa shape index (κ2) is 7.55. The van der Waals surface area contributed by atoms with Crippen molar-refractivity contribution in [1.29, 1.82) is 0 Å². The third kappa shape index (κ3) is 5.04. The van der Waals surface area contributed by atoms with Crippen LogP contribution in [0.5, 0.6) is 5.75 Å². The quantitative estimate of drug-likeness (QED) is 0.793. The van der Waals surface area contributed by atoms with Crippen LogP contribution in [0.2, 0.25) is 0 Å². The van der Waals surface area contributed by atoms with Crippen LogP contribution in [0.4, 0.5) is 0 Å². The zero-order chi connectivity index (χ0) is 18.7. The molecule has 0 fully saturated rings. The van der Waals surface area contributed by atoms with Crippen molar-refractivity contribution >= 4 is 19.9 Å². The number of rotatable bonds is 7. The molecule has 0 radical (unpaired) electrons. The molecule has 8 heteroatoms. The summed E-state index contributed by atoms with van der Waals surface area (Å²) in [6, 6.07) is 11.9. The zero-order valence-electron chi connectivity index (χ0n) is 14.3.